The zero-order valence-electron chi connectivity index (χ0n) is 16.2. The van der Waals surface area contributed by atoms with Gasteiger partial charge in [-0.3, -0.25) is 4.57 Å². The van der Waals surface area contributed by atoms with Gasteiger partial charge in [0.05, 0.1) is 11.0 Å². The van der Waals surface area contributed by atoms with Crippen LogP contribution in [0.15, 0.2) is 51.8 Å². The van der Waals surface area contributed by atoms with Gasteiger partial charge in [0.25, 0.3) is 5.89 Å². The molecule has 2 heterocycles. The van der Waals surface area contributed by atoms with Crippen LogP contribution < -0.4 is 10.4 Å². The zero-order valence-corrected chi connectivity index (χ0v) is 16.2. The molecule has 29 heavy (non-hydrogen) atoms. The Bertz CT molecular complexity index is 1210. The van der Waals surface area contributed by atoms with E-state index >= 15 is 0 Å². The summed E-state index contributed by atoms with van der Waals surface area (Å²) in [7, 11) is 0. The number of fused-ring (bicyclic) bond motifs is 1. The fourth-order valence-electron chi connectivity index (χ4n) is 4.08. The van der Waals surface area contributed by atoms with E-state index < -0.39 is 0 Å². The molecule has 4 aromatic rings. The van der Waals surface area contributed by atoms with Crippen LogP contribution >= 0.6 is 0 Å². The maximum atomic E-state index is 12.5. The highest BCUT2D eigenvalue weighted by atomic mass is 16.5. The van der Waals surface area contributed by atoms with Crippen LogP contribution in [-0.4, -0.2) is 19.7 Å². The number of hydrogen-bond acceptors (Lipinski definition) is 5. The second-order valence-corrected chi connectivity index (χ2v) is 7.59. The molecule has 0 atom stereocenters. The van der Waals surface area contributed by atoms with Crippen molar-refractivity contribution in [3.8, 4) is 17.1 Å². The predicted molar refractivity (Wildman–Crippen MR) is 109 cm³/mol. The first-order valence-corrected chi connectivity index (χ1v) is 9.94. The van der Waals surface area contributed by atoms with E-state index in [0.29, 0.717) is 11.7 Å². The van der Waals surface area contributed by atoms with Crippen molar-refractivity contribution in [1.82, 2.24) is 19.7 Å². The number of imidazole rings is 1. The first kappa shape index (κ1) is 17.7. The molecule has 7 heteroatoms. The summed E-state index contributed by atoms with van der Waals surface area (Å²) in [6.45, 7) is 2.21. The summed E-state index contributed by atoms with van der Waals surface area (Å²) >= 11 is 0. The molecule has 0 amide bonds. The van der Waals surface area contributed by atoms with Gasteiger partial charge in [0.1, 0.15) is 5.75 Å². The van der Waals surface area contributed by atoms with Crippen LogP contribution in [0, 0.1) is 6.92 Å². The molecule has 0 radical (unpaired) electrons. The van der Waals surface area contributed by atoms with Gasteiger partial charge < -0.3 is 14.2 Å². The third kappa shape index (κ3) is 3.44. The molecule has 0 aliphatic heterocycles. The molecule has 0 unspecified atom stereocenters. The molecule has 0 bridgehead atoms. The predicted octanol–water partition coefficient (Wildman–Crippen LogP) is 4.38. The van der Waals surface area contributed by atoms with Gasteiger partial charge in [-0.15, -0.1) is 0 Å². The van der Waals surface area contributed by atoms with Crippen molar-refractivity contribution < 1.29 is 9.26 Å². The number of ether oxygens (including phenoxy) is 1. The molecule has 5 rings (SSSR count). The van der Waals surface area contributed by atoms with Crippen molar-refractivity contribution in [3.63, 3.8) is 0 Å². The number of H-pyrrole nitrogens is 1. The number of aromatic amines is 1. The molecule has 7 nitrogen and oxygen atoms in total. The van der Waals surface area contributed by atoms with Crippen molar-refractivity contribution in [1.29, 1.82) is 0 Å². The van der Waals surface area contributed by atoms with E-state index in [2.05, 4.69) is 15.1 Å². The first-order chi connectivity index (χ1) is 14.2. The molecule has 1 fully saturated rings. The lowest BCUT2D eigenvalue weighted by Crippen LogP contribution is -2.20. The van der Waals surface area contributed by atoms with Crippen LogP contribution in [0.1, 0.15) is 43.2 Å². The van der Waals surface area contributed by atoms with Crippen LogP contribution in [0.5, 0.6) is 5.75 Å². The minimum absolute atomic E-state index is 0.0515. The van der Waals surface area contributed by atoms with E-state index in [1.165, 1.54) is 12.8 Å². The normalized spacial score (nSPS) is 14.7. The van der Waals surface area contributed by atoms with Crippen molar-refractivity contribution >= 4 is 11.0 Å². The highest BCUT2D eigenvalue weighted by Gasteiger charge is 2.21. The van der Waals surface area contributed by atoms with Crippen molar-refractivity contribution in [2.75, 3.05) is 0 Å². The number of nitrogens with zero attached hydrogens (tertiary/aromatic N) is 3. The monoisotopic (exact) mass is 390 g/mol. The van der Waals surface area contributed by atoms with E-state index in [1.54, 1.807) is 0 Å². The largest absolute Gasteiger partial charge is 0.484 e. The number of hydrogen-bond donors (Lipinski definition) is 1. The Hall–Kier alpha value is -3.35. The van der Waals surface area contributed by atoms with E-state index in [0.717, 1.165) is 40.8 Å². The molecule has 2 aromatic heterocycles. The third-order valence-corrected chi connectivity index (χ3v) is 5.48. The molecular weight excluding hydrogens is 368 g/mol. The van der Waals surface area contributed by atoms with Gasteiger partial charge in [-0.2, -0.15) is 4.98 Å². The Morgan fingerprint density at radius 2 is 2.07 bits per heavy atom. The van der Waals surface area contributed by atoms with Crippen LogP contribution in [-0.2, 0) is 6.61 Å². The summed E-state index contributed by atoms with van der Waals surface area (Å²) < 4.78 is 12.9. The highest BCUT2D eigenvalue weighted by Crippen LogP contribution is 2.31. The van der Waals surface area contributed by atoms with Crippen molar-refractivity contribution in [2.45, 2.75) is 45.3 Å². The van der Waals surface area contributed by atoms with Gasteiger partial charge in [-0.25, -0.2) is 4.79 Å². The summed E-state index contributed by atoms with van der Waals surface area (Å²) in [6.07, 6.45) is 4.48. The second kappa shape index (κ2) is 7.24. The number of rotatable bonds is 5. The number of nitrogens with one attached hydrogen (secondary N) is 1. The number of aryl methyl sites for hydroxylation is 1. The Labute approximate surface area is 167 Å². The highest BCUT2D eigenvalue weighted by molar-refractivity contribution is 5.80. The fraction of sp³-hybridized carbons (Fsp3) is 0.318. The van der Waals surface area contributed by atoms with Crippen LogP contribution in [0.25, 0.3) is 22.4 Å². The van der Waals surface area contributed by atoms with E-state index in [9.17, 15) is 4.79 Å². The molecule has 0 saturated heterocycles. The number of benzene rings is 2. The molecule has 148 valence electrons. The zero-order chi connectivity index (χ0) is 19.8. The smallest absolute Gasteiger partial charge is 0.326 e. The first-order valence-electron chi connectivity index (χ1n) is 9.94. The maximum Gasteiger partial charge on any atom is 0.326 e. The van der Waals surface area contributed by atoms with Crippen molar-refractivity contribution in [2.24, 2.45) is 0 Å². The molecule has 2 aromatic carbocycles. The Balaban J connectivity index is 1.38. The van der Waals surface area contributed by atoms with Crippen LogP contribution in [0.3, 0.4) is 0 Å². The summed E-state index contributed by atoms with van der Waals surface area (Å²) in [4.78, 5) is 19.9. The lowest BCUT2D eigenvalue weighted by molar-refractivity contribution is 0.243. The molecule has 1 aliphatic carbocycles. The quantitative estimate of drug-likeness (QED) is 0.546. The summed E-state index contributed by atoms with van der Waals surface area (Å²) in [5.74, 6) is 1.64. The van der Waals surface area contributed by atoms with E-state index in [-0.39, 0.29) is 18.3 Å². The van der Waals surface area contributed by atoms with Gasteiger partial charge in [-0.05, 0) is 55.7 Å². The Morgan fingerprint density at radius 1 is 1.21 bits per heavy atom. The molecule has 1 aliphatic rings. The molecule has 1 N–H and O–H groups in total. The lowest BCUT2D eigenvalue weighted by Gasteiger charge is -2.11. The topological polar surface area (TPSA) is 85.9 Å². The summed E-state index contributed by atoms with van der Waals surface area (Å²) in [6, 6.07) is 13.9. The standard InChI is InChI=1S/C22H22N4O3/c1-14-5-4-8-17(11-14)28-13-20-24-21(25-29-20)15-9-10-19-18(12-15)23-22(27)26(19)16-6-2-3-7-16/h4-5,8-12,16H,2-3,6-7,13H2,1H3,(H,23,27). The minimum atomic E-state index is -0.0515. The average molecular weight is 390 g/mol. The molecule has 0 spiro atoms. The van der Waals surface area contributed by atoms with Crippen LogP contribution in [0.2, 0.25) is 0 Å². The minimum Gasteiger partial charge on any atom is -0.484 e. The van der Waals surface area contributed by atoms with Crippen LogP contribution in [0.4, 0.5) is 0 Å². The Kier molecular flexibility index (Phi) is 4.42. The second-order valence-electron chi connectivity index (χ2n) is 7.59. The average Bonchev–Trinajstić information content (AvgIpc) is 3.45. The van der Waals surface area contributed by atoms with Gasteiger partial charge in [0, 0.05) is 11.6 Å². The van der Waals surface area contributed by atoms with Gasteiger partial charge in [-0.1, -0.05) is 30.1 Å². The van der Waals surface area contributed by atoms with Gasteiger partial charge in [0.2, 0.25) is 5.82 Å². The van der Waals surface area contributed by atoms with Gasteiger partial charge in [0.15, 0.2) is 6.61 Å². The van der Waals surface area contributed by atoms with E-state index in [4.69, 9.17) is 9.26 Å². The summed E-state index contributed by atoms with van der Waals surface area (Å²) in [5, 5.41) is 4.06. The Morgan fingerprint density at radius 3 is 2.90 bits per heavy atom. The fourth-order valence-corrected chi connectivity index (χ4v) is 4.08. The SMILES string of the molecule is Cc1cccc(OCc2nc(-c3ccc4c(c3)[nH]c(=O)n4C3CCCC3)no2)c1. The maximum absolute atomic E-state index is 12.5. The molecular formula is C22H22N4O3. The molecule has 1 saturated carbocycles. The lowest BCUT2D eigenvalue weighted by atomic mass is 10.1. The summed E-state index contributed by atoms with van der Waals surface area (Å²) in [5.41, 5.74) is 3.59. The number of aromatic nitrogens is 4. The van der Waals surface area contributed by atoms with E-state index in [1.807, 2.05) is 54.0 Å². The van der Waals surface area contributed by atoms with Gasteiger partial charge >= 0.3 is 5.69 Å². The third-order valence-electron chi connectivity index (χ3n) is 5.48. The van der Waals surface area contributed by atoms with Crippen molar-refractivity contribution in [3.05, 3.63) is 64.4 Å².